The molecule has 0 bridgehead atoms. The molecule has 0 saturated heterocycles. The lowest BCUT2D eigenvalue weighted by Crippen LogP contribution is -2.34. The maximum absolute atomic E-state index is 12.3. The molecule has 4 heteroatoms. The Labute approximate surface area is 134 Å². The van der Waals surface area contributed by atoms with Crippen LogP contribution in [0, 0.1) is 0 Å². The van der Waals surface area contributed by atoms with Crippen molar-refractivity contribution < 1.29 is 4.79 Å². The average Bonchev–Trinajstić information content (AvgIpc) is 3.15. The summed E-state index contributed by atoms with van der Waals surface area (Å²) < 4.78 is 2.11. The third kappa shape index (κ3) is 2.92. The SMILES string of the molecule is CCC(C)NC(=O)Cn1c(-c2cccs2)cc2ccccc21. The molecule has 0 aliphatic rings. The second kappa shape index (κ2) is 6.36. The summed E-state index contributed by atoms with van der Waals surface area (Å²) in [7, 11) is 0. The van der Waals surface area contributed by atoms with Gasteiger partial charge in [0.25, 0.3) is 0 Å². The van der Waals surface area contributed by atoms with Gasteiger partial charge in [-0.15, -0.1) is 11.3 Å². The van der Waals surface area contributed by atoms with Crippen molar-refractivity contribution in [3.63, 3.8) is 0 Å². The first-order valence-corrected chi connectivity index (χ1v) is 8.48. The van der Waals surface area contributed by atoms with Gasteiger partial charge < -0.3 is 9.88 Å². The molecule has 0 fully saturated rings. The van der Waals surface area contributed by atoms with Gasteiger partial charge in [0.15, 0.2) is 0 Å². The number of carbonyl (C=O) groups is 1. The Morgan fingerprint density at radius 1 is 1.27 bits per heavy atom. The molecule has 0 saturated carbocycles. The molecule has 1 aromatic carbocycles. The predicted molar refractivity (Wildman–Crippen MR) is 93.1 cm³/mol. The number of hydrogen-bond acceptors (Lipinski definition) is 2. The lowest BCUT2D eigenvalue weighted by molar-refractivity contribution is -0.122. The second-order valence-corrected chi connectivity index (χ2v) is 6.48. The predicted octanol–water partition coefficient (Wildman–Crippen LogP) is 4.28. The van der Waals surface area contributed by atoms with Gasteiger partial charge in [-0.25, -0.2) is 0 Å². The molecule has 0 aliphatic carbocycles. The number of nitrogens with zero attached hydrogens (tertiary/aromatic N) is 1. The van der Waals surface area contributed by atoms with Crippen molar-refractivity contribution in [3.05, 3.63) is 47.8 Å². The molecule has 1 atom stereocenters. The van der Waals surface area contributed by atoms with E-state index in [1.165, 1.54) is 10.3 Å². The first-order chi connectivity index (χ1) is 10.7. The van der Waals surface area contributed by atoms with Crippen LogP contribution in [0.2, 0.25) is 0 Å². The number of aromatic nitrogens is 1. The van der Waals surface area contributed by atoms with E-state index in [4.69, 9.17) is 0 Å². The van der Waals surface area contributed by atoms with Gasteiger partial charge in [0.1, 0.15) is 6.54 Å². The number of benzene rings is 1. The Morgan fingerprint density at radius 3 is 2.82 bits per heavy atom. The van der Waals surface area contributed by atoms with E-state index < -0.39 is 0 Å². The van der Waals surface area contributed by atoms with Crippen LogP contribution in [0.4, 0.5) is 0 Å². The Morgan fingerprint density at radius 2 is 2.09 bits per heavy atom. The first kappa shape index (κ1) is 14.9. The van der Waals surface area contributed by atoms with Crippen LogP contribution in [0.3, 0.4) is 0 Å². The third-order valence-corrected chi connectivity index (χ3v) is 4.80. The summed E-state index contributed by atoms with van der Waals surface area (Å²) in [5, 5.41) is 6.28. The molecule has 1 N–H and O–H groups in total. The largest absolute Gasteiger partial charge is 0.352 e. The first-order valence-electron chi connectivity index (χ1n) is 7.60. The Hall–Kier alpha value is -2.07. The fourth-order valence-electron chi connectivity index (χ4n) is 2.58. The number of para-hydroxylation sites is 1. The quantitative estimate of drug-likeness (QED) is 0.749. The zero-order chi connectivity index (χ0) is 15.5. The molecular weight excluding hydrogens is 292 g/mol. The van der Waals surface area contributed by atoms with Crippen molar-refractivity contribution in [3.8, 4) is 10.6 Å². The molecule has 0 aliphatic heterocycles. The van der Waals surface area contributed by atoms with Crippen LogP contribution in [0.1, 0.15) is 20.3 Å². The van der Waals surface area contributed by atoms with Crippen molar-refractivity contribution >= 4 is 28.1 Å². The lowest BCUT2D eigenvalue weighted by Gasteiger charge is -2.14. The molecule has 3 rings (SSSR count). The van der Waals surface area contributed by atoms with Crippen LogP contribution in [0.15, 0.2) is 47.8 Å². The number of amides is 1. The van der Waals surface area contributed by atoms with E-state index in [2.05, 4.69) is 46.5 Å². The normalized spacial score (nSPS) is 12.5. The zero-order valence-corrected chi connectivity index (χ0v) is 13.7. The van der Waals surface area contributed by atoms with Gasteiger partial charge >= 0.3 is 0 Å². The average molecular weight is 312 g/mol. The van der Waals surface area contributed by atoms with Crippen molar-refractivity contribution in [1.29, 1.82) is 0 Å². The highest BCUT2D eigenvalue weighted by atomic mass is 32.1. The molecule has 2 heterocycles. The maximum atomic E-state index is 12.3. The lowest BCUT2D eigenvalue weighted by atomic mass is 10.2. The highest BCUT2D eigenvalue weighted by Gasteiger charge is 2.14. The fraction of sp³-hybridized carbons (Fsp3) is 0.278. The molecule has 0 spiro atoms. The minimum atomic E-state index is 0.0634. The topological polar surface area (TPSA) is 34.0 Å². The van der Waals surface area contributed by atoms with Gasteiger partial charge in [0, 0.05) is 16.9 Å². The summed E-state index contributed by atoms with van der Waals surface area (Å²) in [6, 6.07) is 14.7. The number of rotatable bonds is 5. The van der Waals surface area contributed by atoms with E-state index in [9.17, 15) is 4.79 Å². The Bertz CT molecular complexity index is 774. The van der Waals surface area contributed by atoms with Crippen LogP contribution in [0.5, 0.6) is 0 Å². The number of carbonyl (C=O) groups excluding carboxylic acids is 1. The Kier molecular flexibility index (Phi) is 4.29. The van der Waals surface area contributed by atoms with E-state index >= 15 is 0 Å². The fourth-order valence-corrected chi connectivity index (χ4v) is 3.33. The molecule has 1 unspecified atom stereocenters. The van der Waals surface area contributed by atoms with Crippen LogP contribution >= 0.6 is 11.3 Å². The number of hydrogen-bond donors (Lipinski definition) is 1. The highest BCUT2D eigenvalue weighted by molar-refractivity contribution is 7.13. The number of thiophene rings is 1. The van der Waals surface area contributed by atoms with Crippen molar-refractivity contribution in [2.24, 2.45) is 0 Å². The number of nitrogens with one attached hydrogen (secondary N) is 1. The molecule has 1 amide bonds. The standard InChI is InChI=1S/C18H20N2OS/c1-3-13(2)19-18(21)12-20-15-8-5-4-7-14(15)11-16(20)17-9-6-10-22-17/h4-11,13H,3,12H2,1-2H3,(H,19,21). The van der Waals surface area contributed by atoms with E-state index in [-0.39, 0.29) is 11.9 Å². The van der Waals surface area contributed by atoms with Gasteiger partial charge in [-0.2, -0.15) is 0 Å². The second-order valence-electron chi connectivity index (χ2n) is 5.53. The zero-order valence-electron chi connectivity index (χ0n) is 12.9. The highest BCUT2D eigenvalue weighted by Crippen LogP contribution is 2.31. The maximum Gasteiger partial charge on any atom is 0.240 e. The molecule has 2 aromatic heterocycles. The molecule has 0 radical (unpaired) electrons. The molecule has 3 aromatic rings. The van der Waals surface area contributed by atoms with Gasteiger partial charge in [0.05, 0.1) is 10.6 Å². The summed E-state index contributed by atoms with van der Waals surface area (Å²) >= 11 is 1.70. The van der Waals surface area contributed by atoms with Gasteiger partial charge in [-0.1, -0.05) is 31.2 Å². The summed E-state index contributed by atoms with van der Waals surface area (Å²) in [5.41, 5.74) is 2.21. The summed E-state index contributed by atoms with van der Waals surface area (Å²) in [6.07, 6.45) is 0.940. The van der Waals surface area contributed by atoms with E-state index in [0.717, 1.165) is 17.6 Å². The van der Waals surface area contributed by atoms with Crippen molar-refractivity contribution in [2.45, 2.75) is 32.9 Å². The van der Waals surface area contributed by atoms with Crippen molar-refractivity contribution in [1.82, 2.24) is 9.88 Å². The van der Waals surface area contributed by atoms with Crippen LogP contribution in [-0.4, -0.2) is 16.5 Å². The van der Waals surface area contributed by atoms with E-state index in [0.29, 0.717) is 6.54 Å². The summed E-state index contributed by atoms with van der Waals surface area (Å²) in [6.45, 7) is 4.46. The van der Waals surface area contributed by atoms with Crippen LogP contribution in [0.25, 0.3) is 21.5 Å². The minimum absolute atomic E-state index is 0.0634. The number of fused-ring (bicyclic) bond motifs is 1. The molecular formula is C18H20N2OS. The van der Waals surface area contributed by atoms with E-state index in [1.54, 1.807) is 11.3 Å². The van der Waals surface area contributed by atoms with Crippen LogP contribution in [-0.2, 0) is 11.3 Å². The van der Waals surface area contributed by atoms with Gasteiger partial charge in [-0.05, 0) is 36.9 Å². The molecule has 114 valence electrons. The molecule has 22 heavy (non-hydrogen) atoms. The van der Waals surface area contributed by atoms with Crippen LogP contribution < -0.4 is 5.32 Å². The summed E-state index contributed by atoms with van der Waals surface area (Å²) in [5.74, 6) is 0.0634. The van der Waals surface area contributed by atoms with Gasteiger partial charge in [-0.3, -0.25) is 4.79 Å². The van der Waals surface area contributed by atoms with Crippen molar-refractivity contribution in [2.75, 3.05) is 0 Å². The molecule has 3 nitrogen and oxygen atoms in total. The smallest absolute Gasteiger partial charge is 0.240 e. The summed E-state index contributed by atoms with van der Waals surface area (Å²) in [4.78, 5) is 13.5. The van der Waals surface area contributed by atoms with Gasteiger partial charge in [0.2, 0.25) is 5.91 Å². The Balaban J connectivity index is 1.99. The third-order valence-electron chi connectivity index (χ3n) is 3.91. The monoisotopic (exact) mass is 312 g/mol. The van der Waals surface area contributed by atoms with E-state index in [1.807, 2.05) is 25.1 Å². The minimum Gasteiger partial charge on any atom is -0.352 e.